The molecule has 214 valence electrons. The second kappa shape index (κ2) is 12.3. The Morgan fingerprint density at radius 2 is 0.818 bits per heavy atom. The SMILES string of the molecule is Clc1cc(N(c2ccccc2)c2coc(-c3ccccc3)c2)c(Br)c(N(c2ccccc2)c2coc(-c3ccccc3)c2)c1. The molecule has 0 unspecified atom stereocenters. The molecule has 7 rings (SSSR count). The molecule has 0 spiro atoms. The maximum Gasteiger partial charge on any atom is 0.136 e. The quantitative estimate of drug-likeness (QED) is 0.163. The van der Waals surface area contributed by atoms with Gasteiger partial charge in [-0.25, -0.2) is 0 Å². The number of rotatable bonds is 8. The van der Waals surface area contributed by atoms with Gasteiger partial charge >= 0.3 is 0 Å². The van der Waals surface area contributed by atoms with Crippen molar-refractivity contribution in [3.63, 3.8) is 0 Å². The van der Waals surface area contributed by atoms with Crippen LogP contribution in [0.2, 0.25) is 5.02 Å². The third kappa shape index (κ3) is 5.55. The van der Waals surface area contributed by atoms with Gasteiger partial charge in [0.1, 0.15) is 24.0 Å². The number of halogens is 2. The first-order chi connectivity index (χ1) is 21.7. The molecule has 0 atom stereocenters. The van der Waals surface area contributed by atoms with Crippen LogP contribution in [0.25, 0.3) is 22.6 Å². The molecule has 4 nitrogen and oxygen atoms in total. The summed E-state index contributed by atoms with van der Waals surface area (Å²) < 4.78 is 13.0. The Labute approximate surface area is 269 Å². The summed E-state index contributed by atoms with van der Waals surface area (Å²) in [5.74, 6) is 1.55. The van der Waals surface area contributed by atoms with E-state index in [9.17, 15) is 0 Å². The number of para-hydroxylation sites is 2. The van der Waals surface area contributed by atoms with Gasteiger partial charge in [-0.15, -0.1) is 0 Å². The van der Waals surface area contributed by atoms with Crippen molar-refractivity contribution in [2.24, 2.45) is 0 Å². The van der Waals surface area contributed by atoms with Gasteiger partial charge in [-0.1, -0.05) is 109 Å². The molecule has 0 aliphatic carbocycles. The van der Waals surface area contributed by atoms with Gasteiger partial charge in [0.05, 0.1) is 27.2 Å². The maximum absolute atomic E-state index is 6.94. The van der Waals surface area contributed by atoms with E-state index in [1.54, 1.807) is 12.5 Å². The van der Waals surface area contributed by atoms with Crippen molar-refractivity contribution in [1.82, 2.24) is 0 Å². The van der Waals surface area contributed by atoms with Gasteiger partial charge in [0.2, 0.25) is 0 Å². The predicted octanol–water partition coefficient (Wildman–Crippen LogP) is 12.6. The Bertz CT molecular complexity index is 1850. The van der Waals surface area contributed by atoms with Crippen LogP contribution < -0.4 is 9.80 Å². The summed E-state index contributed by atoms with van der Waals surface area (Å²) in [5, 5.41) is 0.582. The van der Waals surface area contributed by atoms with Crippen LogP contribution in [0.1, 0.15) is 0 Å². The van der Waals surface area contributed by atoms with Crippen molar-refractivity contribution in [1.29, 1.82) is 0 Å². The molecule has 0 saturated heterocycles. The highest BCUT2D eigenvalue weighted by atomic mass is 79.9. The third-order valence-corrected chi connectivity index (χ3v) is 8.34. The summed E-state index contributed by atoms with van der Waals surface area (Å²) in [4.78, 5) is 4.28. The van der Waals surface area contributed by atoms with Crippen molar-refractivity contribution < 1.29 is 8.83 Å². The zero-order chi connectivity index (χ0) is 29.9. The highest BCUT2D eigenvalue weighted by molar-refractivity contribution is 9.10. The zero-order valence-corrected chi connectivity index (χ0v) is 25.8. The van der Waals surface area contributed by atoms with Crippen LogP contribution in [0.4, 0.5) is 34.1 Å². The molecule has 5 aromatic carbocycles. The lowest BCUT2D eigenvalue weighted by Crippen LogP contribution is -2.14. The van der Waals surface area contributed by atoms with Gasteiger partial charge in [-0.3, -0.25) is 0 Å². The number of furan rings is 2. The van der Waals surface area contributed by atoms with Gasteiger partial charge in [0.15, 0.2) is 0 Å². The lowest BCUT2D eigenvalue weighted by Gasteiger charge is -2.30. The first-order valence-electron chi connectivity index (χ1n) is 14.1. The number of nitrogens with zero attached hydrogens (tertiary/aromatic N) is 2. The molecule has 44 heavy (non-hydrogen) atoms. The van der Waals surface area contributed by atoms with Crippen molar-refractivity contribution in [2.75, 3.05) is 9.80 Å². The van der Waals surface area contributed by atoms with E-state index in [2.05, 4.69) is 50.0 Å². The highest BCUT2D eigenvalue weighted by Crippen LogP contribution is 2.49. The maximum atomic E-state index is 6.94. The first-order valence-corrected chi connectivity index (χ1v) is 15.3. The Balaban J connectivity index is 1.39. The molecular weight excluding hydrogens is 632 g/mol. The normalized spacial score (nSPS) is 11.0. The van der Waals surface area contributed by atoms with Gasteiger partial charge in [0, 0.05) is 39.7 Å². The Hall–Kier alpha value is -4.97. The summed E-state index contributed by atoms with van der Waals surface area (Å²) in [6.45, 7) is 0. The van der Waals surface area contributed by atoms with Crippen LogP contribution >= 0.6 is 27.5 Å². The molecule has 0 bridgehead atoms. The summed E-state index contributed by atoms with van der Waals surface area (Å²) >= 11 is 10.9. The Kier molecular flexibility index (Phi) is 7.80. The number of benzene rings is 5. The molecule has 0 radical (unpaired) electrons. The summed E-state index contributed by atoms with van der Waals surface area (Å²) in [7, 11) is 0. The predicted molar refractivity (Wildman–Crippen MR) is 184 cm³/mol. The van der Waals surface area contributed by atoms with Crippen molar-refractivity contribution in [2.45, 2.75) is 0 Å². The topological polar surface area (TPSA) is 32.8 Å². The highest BCUT2D eigenvalue weighted by Gasteiger charge is 2.25. The monoisotopic (exact) mass is 656 g/mol. The van der Waals surface area contributed by atoms with Crippen LogP contribution in [0.3, 0.4) is 0 Å². The van der Waals surface area contributed by atoms with Crippen LogP contribution in [0.5, 0.6) is 0 Å². The van der Waals surface area contributed by atoms with E-state index < -0.39 is 0 Å². The van der Waals surface area contributed by atoms with Crippen molar-refractivity contribution >= 4 is 61.7 Å². The fourth-order valence-corrected chi connectivity index (χ4v) is 6.08. The fraction of sp³-hybridized carbons (Fsp3) is 0. The van der Waals surface area contributed by atoms with E-state index in [4.69, 9.17) is 20.4 Å². The minimum Gasteiger partial charge on any atom is -0.462 e. The standard InChI is InChI=1S/C38H26BrClN2O2/c39-38-34(41(30-17-9-3-10-18-30)32-23-36(43-25-32)27-13-5-1-6-14-27)21-29(40)22-35(38)42(31-19-11-4-12-20-31)33-24-37(44-26-33)28-15-7-2-8-16-28/h1-26H. The van der Waals surface area contributed by atoms with Crippen molar-refractivity contribution in [3.8, 4) is 22.6 Å². The zero-order valence-electron chi connectivity index (χ0n) is 23.5. The van der Waals surface area contributed by atoms with E-state index in [1.165, 1.54) is 0 Å². The molecule has 0 N–H and O–H groups in total. The van der Waals surface area contributed by atoms with Gasteiger partial charge < -0.3 is 18.6 Å². The molecular formula is C38H26BrClN2O2. The van der Waals surface area contributed by atoms with E-state index in [-0.39, 0.29) is 0 Å². The van der Waals surface area contributed by atoms with Crippen LogP contribution in [0, 0.1) is 0 Å². The van der Waals surface area contributed by atoms with E-state index in [0.29, 0.717) is 5.02 Å². The second-order valence-corrected chi connectivity index (χ2v) is 11.4. The number of hydrogen-bond acceptors (Lipinski definition) is 4. The van der Waals surface area contributed by atoms with E-state index in [1.807, 2.05) is 121 Å². The minimum absolute atomic E-state index is 0.582. The lowest BCUT2D eigenvalue weighted by molar-refractivity contribution is 0.582. The molecule has 2 aromatic heterocycles. The minimum atomic E-state index is 0.582. The van der Waals surface area contributed by atoms with E-state index in [0.717, 1.165) is 61.2 Å². The van der Waals surface area contributed by atoms with Crippen LogP contribution in [-0.2, 0) is 0 Å². The molecule has 6 heteroatoms. The largest absolute Gasteiger partial charge is 0.462 e. The molecule has 2 heterocycles. The smallest absolute Gasteiger partial charge is 0.136 e. The van der Waals surface area contributed by atoms with E-state index >= 15 is 0 Å². The molecule has 0 aliphatic rings. The van der Waals surface area contributed by atoms with Gasteiger partial charge in [-0.2, -0.15) is 0 Å². The van der Waals surface area contributed by atoms with Gasteiger partial charge in [0.25, 0.3) is 0 Å². The van der Waals surface area contributed by atoms with Crippen LogP contribution in [-0.4, -0.2) is 0 Å². The lowest BCUT2D eigenvalue weighted by atomic mass is 10.1. The fourth-order valence-electron chi connectivity index (χ4n) is 5.29. The summed E-state index contributed by atoms with van der Waals surface area (Å²) in [5.41, 5.74) is 7.36. The average Bonchev–Trinajstić information content (AvgIpc) is 3.76. The number of hydrogen-bond donors (Lipinski definition) is 0. The molecule has 0 aliphatic heterocycles. The summed E-state index contributed by atoms with van der Waals surface area (Å²) in [6.07, 6.45) is 3.55. The van der Waals surface area contributed by atoms with Crippen LogP contribution in [0.15, 0.2) is 171 Å². The molecule has 0 saturated carbocycles. The summed E-state index contributed by atoms with van der Waals surface area (Å²) in [6, 6.07) is 48.5. The van der Waals surface area contributed by atoms with Gasteiger partial charge in [-0.05, 0) is 52.3 Å². The third-order valence-electron chi connectivity index (χ3n) is 7.31. The molecule has 0 amide bonds. The Morgan fingerprint density at radius 1 is 0.455 bits per heavy atom. The second-order valence-electron chi connectivity index (χ2n) is 10.2. The van der Waals surface area contributed by atoms with Crippen molar-refractivity contribution in [3.05, 3.63) is 168 Å². The Morgan fingerprint density at radius 3 is 1.20 bits per heavy atom. The molecule has 0 fully saturated rings. The average molecular weight is 658 g/mol. The first kappa shape index (κ1) is 27.8. The number of anilines is 6. The molecule has 7 aromatic rings.